The van der Waals surface area contributed by atoms with Gasteiger partial charge in [-0.25, -0.2) is 0 Å². The Labute approximate surface area is 81.5 Å². The van der Waals surface area contributed by atoms with E-state index in [0.29, 0.717) is 5.92 Å². The molecular formula is C8H13N3OS. The molecule has 4 nitrogen and oxygen atoms in total. The van der Waals surface area contributed by atoms with E-state index in [1.54, 1.807) is 6.20 Å². The van der Waals surface area contributed by atoms with Crippen molar-refractivity contribution in [1.29, 1.82) is 0 Å². The number of nitrogens with zero attached hydrogens (tertiary/aromatic N) is 3. The van der Waals surface area contributed by atoms with Gasteiger partial charge in [0.2, 0.25) is 0 Å². The van der Waals surface area contributed by atoms with Gasteiger partial charge >= 0.3 is 0 Å². The third-order valence-electron chi connectivity index (χ3n) is 2.44. The Morgan fingerprint density at radius 2 is 2.54 bits per heavy atom. The Kier molecular flexibility index (Phi) is 2.57. The molecule has 1 aromatic heterocycles. The van der Waals surface area contributed by atoms with Crippen molar-refractivity contribution in [3.63, 3.8) is 0 Å². The summed E-state index contributed by atoms with van der Waals surface area (Å²) in [5.74, 6) is 0.381. The topological polar surface area (TPSA) is 49.2 Å². The molecule has 1 aromatic rings. The zero-order valence-corrected chi connectivity index (χ0v) is 8.37. The Morgan fingerprint density at radius 3 is 3.08 bits per heavy atom. The van der Waals surface area contributed by atoms with Crippen LogP contribution in [0.5, 0.6) is 0 Å². The van der Waals surface area contributed by atoms with Crippen molar-refractivity contribution < 1.29 is 5.11 Å². The standard InChI is InChI=1S/C8H13N3OS/c1-6-3-11(5-8(6)12)4-7-2-9-13-10-7/h2,6,8,12H,3-5H2,1H3. The third-order valence-corrected chi connectivity index (χ3v) is 2.96. The molecule has 1 aliphatic rings. The molecular weight excluding hydrogens is 186 g/mol. The Bertz CT molecular complexity index is 254. The van der Waals surface area contributed by atoms with Gasteiger partial charge in [-0.1, -0.05) is 6.92 Å². The largest absolute Gasteiger partial charge is 0.391 e. The molecule has 1 aliphatic heterocycles. The van der Waals surface area contributed by atoms with Crippen LogP contribution in [-0.2, 0) is 6.54 Å². The van der Waals surface area contributed by atoms with Gasteiger partial charge in [0, 0.05) is 19.6 Å². The maximum absolute atomic E-state index is 9.52. The van der Waals surface area contributed by atoms with Crippen molar-refractivity contribution in [3.05, 3.63) is 11.9 Å². The number of aliphatic hydroxyl groups is 1. The Hall–Kier alpha value is -0.520. The van der Waals surface area contributed by atoms with Crippen LogP contribution in [0.4, 0.5) is 0 Å². The summed E-state index contributed by atoms with van der Waals surface area (Å²) in [7, 11) is 0. The first-order valence-electron chi connectivity index (χ1n) is 4.42. The lowest BCUT2D eigenvalue weighted by atomic mass is 10.1. The molecule has 2 rings (SSSR count). The lowest BCUT2D eigenvalue weighted by Gasteiger charge is -2.11. The van der Waals surface area contributed by atoms with Crippen LogP contribution >= 0.6 is 11.7 Å². The number of likely N-dealkylation sites (tertiary alicyclic amines) is 1. The smallest absolute Gasteiger partial charge is 0.0883 e. The lowest BCUT2D eigenvalue weighted by Crippen LogP contribution is -2.21. The number of hydrogen-bond donors (Lipinski definition) is 1. The van der Waals surface area contributed by atoms with E-state index in [1.807, 2.05) is 0 Å². The quantitative estimate of drug-likeness (QED) is 0.746. The van der Waals surface area contributed by atoms with E-state index in [0.717, 1.165) is 25.3 Å². The second kappa shape index (κ2) is 3.69. The van der Waals surface area contributed by atoms with Crippen LogP contribution < -0.4 is 0 Å². The van der Waals surface area contributed by atoms with Crippen LogP contribution in [0.2, 0.25) is 0 Å². The molecule has 1 fully saturated rings. The van der Waals surface area contributed by atoms with Gasteiger partial charge in [-0.2, -0.15) is 8.75 Å². The number of hydrogen-bond acceptors (Lipinski definition) is 5. The molecule has 0 amide bonds. The summed E-state index contributed by atoms with van der Waals surface area (Å²) in [5, 5.41) is 9.52. The molecule has 1 N–H and O–H groups in total. The molecule has 0 saturated carbocycles. The van der Waals surface area contributed by atoms with E-state index >= 15 is 0 Å². The first-order chi connectivity index (χ1) is 6.25. The molecule has 0 spiro atoms. The molecule has 2 heterocycles. The first-order valence-corrected chi connectivity index (χ1v) is 5.15. The minimum atomic E-state index is -0.174. The third kappa shape index (κ3) is 2.04. The monoisotopic (exact) mass is 199 g/mol. The number of aliphatic hydroxyl groups excluding tert-OH is 1. The van der Waals surface area contributed by atoms with Crippen LogP contribution in [0.15, 0.2) is 6.20 Å². The molecule has 13 heavy (non-hydrogen) atoms. The average molecular weight is 199 g/mol. The van der Waals surface area contributed by atoms with Gasteiger partial charge in [0.1, 0.15) is 0 Å². The molecule has 0 aliphatic carbocycles. The fourth-order valence-corrected chi connectivity index (χ4v) is 2.09. The van der Waals surface area contributed by atoms with Gasteiger partial charge in [-0.3, -0.25) is 4.90 Å². The van der Waals surface area contributed by atoms with Gasteiger partial charge in [0.15, 0.2) is 0 Å². The lowest BCUT2D eigenvalue weighted by molar-refractivity contribution is 0.147. The highest BCUT2D eigenvalue weighted by Gasteiger charge is 2.27. The molecule has 2 unspecified atom stereocenters. The van der Waals surface area contributed by atoms with E-state index in [9.17, 15) is 5.11 Å². The minimum absolute atomic E-state index is 0.174. The average Bonchev–Trinajstić information content (AvgIpc) is 2.64. The van der Waals surface area contributed by atoms with E-state index < -0.39 is 0 Å². The van der Waals surface area contributed by atoms with Gasteiger partial charge in [0.25, 0.3) is 0 Å². The van der Waals surface area contributed by atoms with Gasteiger partial charge in [-0.15, -0.1) is 0 Å². The predicted octanol–water partition coefficient (Wildman–Crippen LogP) is 0.351. The van der Waals surface area contributed by atoms with Crippen LogP contribution in [0, 0.1) is 5.92 Å². The van der Waals surface area contributed by atoms with E-state index in [1.165, 1.54) is 11.7 Å². The minimum Gasteiger partial charge on any atom is -0.391 e. The maximum atomic E-state index is 9.52. The van der Waals surface area contributed by atoms with Gasteiger partial charge in [0.05, 0.1) is 29.7 Å². The molecule has 1 saturated heterocycles. The summed E-state index contributed by atoms with van der Waals surface area (Å²) in [6.07, 6.45) is 1.62. The first kappa shape index (κ1) is 9.05. The second-order valence-corrected chi connectivity index (χ2v) is 4.19. The molecule has 72 valence electrons. The summed E-state index contributed by atoms with van der Waals surface area (Å²) >= 11 is 1.24. The zero-order chi connectivity index (χ0) is 9.26. The van der Waals surface area contributed by atoms with E-state index in [4.69, 9.17) is 0 Å². The van der Waals surface area contributed by atoms with Gasteiger partial charge in [-0.05, 0) is 5.92 Å². The maximum Gasteiger partial charge on any atom is 0.0883 e. The summed E-state index contributed by atoms with van der Waals surface area (Å²) in [6, 6.07) is 0. The van der Waals surface area contributed by atoms with Crippen molar-refractivity contribution in [2.45, 2.75) is 19.6 Å². The Morgan fingerprint density at radius 1 is 1.69 bits per heavy atom. The summed E-state index contributed by atoms with van der Waals surface area (Å²) in [4.78, 5) is 2.21. The van der Waals surface area contributed by atoms with Crippen LogP contribution in [0.1, 0.15) is 12.6 Å². The van der Waals surface area contributed by atoms with E-state index in [2.05, 4.69) is 20.6 Å². The van der Waals surface area contributed by atoms with Gasteiger partial charge < -0.3 is 5.11 Å². The molecule has 0 radical (unpaired) electrons. The van der Waals surface area contributed by atoms with E-state index in [-0.39, 0.29) is 6.10 Å². The van der Waals surface area contributed by atoms with Crippen LogP contribution in [0.25, 0.3) is 0 Å². The number of rotatable bonds is 2. The Balaban J connectivity index is 1.91. The fourth-order valence-electron chi connectivity index (χ4n) is 1.66. The molecule has 5 heteroatoms. The highest BCUT2D eigenvalue weighted by atomic mass is 32.1. The molecule has 2 atom stereocenters. The predicted molar refractivity (Wildman–Crippen MR) is 50.4 cm³/mol. The van der Waals surface area contributed by atoms with Crippen molar-refractivity contribution in [3.8, 4) is 0 Å². The normalized spacial score (nSPS) is 29.7. The molecule has 0 aromatic carbocycles. The summed E-state index contributed by atoms with van der Waals surface area (Å²) < 4.78 is 8.08. The van der Waals surface area contributed by atoms with Crippen molar-refractivity contribution in [1.82, 2.24) is 13.6 Å². The number of aromatic nitrogens is 2. The summed E-state index contributed by atoms with van der Waals surface area (Å²) in [6.45, 7) is 4.61. The SMILES string of the molecule is CC1CN(Cc2cnsn2)CC1O. The van der Waals surface area contributed by atoms with Crippen molar-refractivity contribution in [2.24, 2.45) is 5.92 Å². The molecule has 0 bridgehead atoms. The summed E-state index contributed by atoms with van der Waals surface area (Å²) in [5.41, 5.74) is 1.01. The van der Waals surface area contributed by atoms with Crippen LogP contribution in [-0.4, -0.2) is 37.9 Å². The zero-order valence-electron chi connectivity index (χ0n) is 7.55. The highest BCUT2D eigenvalue weighted by Crippen LogP contribution is 2.17. The van der Waals surface area contributed by atoms with Crippen molar-refractivity contribution in [2.75, 3.05) is 13.1 Å². The highest BCUT2D eigenvalue weighted by molar-refractivity contribution is 6.99. The fraction of sp³-hybridized carbons (Fsp3) is 0.750. The number of β-amino-alcohol motifs (C(OH)–C–C–N with tert-alkyl or cyclic N) is 1. The van der Waals surface area contributed by atoms with Crippen LogP contribution in [0.3, 0.4) is 0 Å². The second-order valence-electron chi connectivity index (χ2n) is 3.64. The van der Waals surface area contributed by atoms with Crippen molar-refractivity contribution >= 4 is 11.7 Å².